The van der Waals surface area contributed by atoms with Crippen LogP contribution in [0.3, 0.4) is 0 Å². The second-order valence-electron chi connectivity index (χ2n) is 4.10. The van der Waals surface area contributed by atoms with Crippen LogP contribution in [0.2, 0.25) is 0 Å². The Morgan fingerprint density at radius 3 is 3.05 bits per heavy atom. The van der Waals surface area contributed by atoms with Gasteiger partial charge in [0, 0.05) is 17.5 Å². The number of nitrogens with zero attached hydrogens (tertiary/aromatic N) is 1. The van der Waals surface area contributed by atoms with Crippen LogP contribution in [0.1, 0.15) is 17.4 Å². The molecule has 1 aromatic heterocycles. The Bertz CT molecular complexity index is 584. The number of hydrogen-bond acceptors (Lipinski definition) is 4. The predicted molar refractivity (Wildman–Crippen MR) is 71.6 cm³/mol. The number of aromatic nitrogens is 1. The number of rotatable bonds is 4. The van der Waals surface area contributed by atoms with E-state index in [-0.39, 0.29) is 5.82 Å². The van der Waals surface area contributed by atoms with Crippen molar-refractivity contribution >= 4 is 22.4 Å². The van der Waals surface area contributed by atoms with Crippen LogP contribution < -0.4 is 5.32 Å². The zero-order valence-corrected chi connectivity index (χ0v) is 11.1. The third-order valence-electron chi connectivity index (χ3n) is 2.43. The lowest BCUT2D eigenvalue weighted by Gasteiger charge is -2.02. The maximum atomic E-state index is 13.0. The van der Waals surface area contributed by atoms with Gasteiger partial charge in [0.2, 0.25) is 0 Å². The smallest absolute Gasteiger partial charge is 0.254 e. The number of benzene rings is 1. The SMILES string of the molecule is CC(O)C(=O)Nc1ncc(Cc2cccc(F)c2)s1. The van der Waals surface area contributed by atoms with Crippen molar-refractivity contribution in [3.8, 4) is 0 Å². The van der Waals surface area contributed by atoms with Crippen molar-refractivity contribution in [2.45, 2.75) is 19.4 Å². The van der Waals surface area contributed by atoms with Gasteiger partial charge in [0.1, 0.15) is 11.9 Å². The van der Waals surface area contributed by atoms with Crippen LogP contribution in [0, 0.1) is 5.82 Å². The summed E-state index contributed by atoms with van der Waals surface area (Å²) in [7, 11) is 0. The van der Waals surface area contributed by atoms with E-state index in [1.165, 1.54) is 30.4 Å². The van der Waals surface area contributed by atoms with Gasteiger partial charge in [-0.05, 0) is 24.6 Å². The van der Waals surface area contributed by atoms with Crippen molar-refractivity contribution in [3.63, 3.8) is 0 Å². The Hall–Kier alpha value is -1.79. The summed E-state index contributed by atoms with van der Waals surface area (Å²) in [5.41, 5.74) is 0.844. The molecule has 1 heterocycles. The van der Waals surface area contributed by atoms with E-state index in [2.05, 4.69) is 10.3 Å². The number of hydrogen-bond donors (Lipinski definition) is 2. The lowest BCUT2D eigenvalue weighted by molar-refractivity contribution is -0.123. The molecule has 100 valence electrons. The van der Waals surface area contributed by atoms with Gasteiger partial charge >= 0.3 is 0 Å². The first-order valence-corrected chi connectivity index (χ1v) is 6.54. The number of carbonyl (C=O) groups excluding carboxylic acids is 1. The molecule has 2 rings (SSSR count). The van der Waals surface area contributed by atoms with Gasteiger partial charge in [0.05, 0.1) is 0 Å². The van der Waals surface area contributed by atoms with Crippen LogP contribution in [-0.2, 0) is 11.2 Å². The summed E-state index contributed by atoms with van der Waals surface area (Å²) in [6.07, 6.45) is 1.11. The summed E-state index contributed by atoms with van der Waals surface area (Å²) in [5.74, 6) is -0.767. The van der Waals surface area contributed by atoms with E-state index in [0.717, 1.165) is 10.4 Å². The minimum absolute atomic E-state index is 0.273. The van der Waals surface area contributed by atoms with Gasteiger partial charge < -0.3 is 5.11 Å². The molecule has 0 aliphatic carbocycles. The molecule has 6 heteroatoms. The first-order valence-electron chi connectivity index (χ1n) is 5.72. The van der Waals surface area contributed by atoms with Gasteiger partial charge in [-0.25, -0.2) is 9.37 Å². The summed E-state index contributed by atoms with van der Waals surface area (Å²) >= 11 is 1.30. The predicted octanol–water partition coefficient (Wildman–Crippen LogP) is 2.19. The number of carbonyl (C=O) groups is 1. The molecule has 2 N–H and O–H groups in total. The molecule has 0 radical (unpaired) electrons. The fraction of sp³-hybridized carbons (Fsp3) is 0.231. The molecule has 0 fully saturated rings. The molecule has 0 spiro atoms. The van der Waals surface area contributed by atoms with E-state index >= 15 is 0 Å². The van der Waals surface area contributed by atoms with Gasteiger partial charge in [-0.3, -0.25) is 10.1 Å². The summed E-state index contributed by atoms with van der Waals surface area (Å²) < 4.78 is 13.0. The molecule has 0 saturated heterocycles. The number of halogens is 1. The van der Waals surface area contributed by atoms with E-state index in [1.54, 1.807) is 12.3 Å². The number of aliphatic hydroxyl groups excluding tert-OH is 1. The highest BCUT2D eigenvalue weighted by Gasteiger charge is 2.11. The normalized spacial score (nSPS) is 12.2. The molecule has 1 amide bonds. The van der Waals surface area contributed by atoms with E-state index in [9.17, 15) is 9.18 Å². The zero-order valence-electron chi connectivity index (χ0n) is 10.3. The maximum absolute atomic E-state index is 13.0. The highest BCUT2D eigenvalue weighted by Crippen LogP contribution is 2.21. The molecule has 1 aromatic carbocycles. The molecule has 0 saturated carbocycles. The van der Waals surface area contributed by atoms with Gasteiger partial charge in [-0.15, -0.1) is 11.3 Å². The molecular formula is C13H13FN2O2S. The highest BCUT2D eigenvalue weighted by atomic mass is 32.1. The third-order valence-corrected chi connectivity index (χ3v) is 3.34. The van der Waals surface area contributed by atoms with Crippen molar-refractivity contribution in [2.24, 2.45) is 0 Å². The largest absolute Gasteiger partial charge is 0.384 e. The van der Waals surface area contributed by atoms with E-state index < -0.39 is 12.0 Å². The lowest BCUT2D eigenvalue weighted by Crippen LogP contribution is -2.24. The highest BCUT2D eigenvalue weighted by molar-refractivity contribution is 7.15. The zero-order chi connectivity index (χ0) is 13.8. The number of anilines is 1. The van der Waals surface area contributed by atoms with E-state index in [4.69, 9.17) is 5.11 Å². The average molecular weight is 280 g/mol. The van der Waals surface area contributed by atoms with Crippen molar-refractivity contribution in [1.29, 1.82) is 0 Å². The Balaban J connectivity index is 2.03. The van der Waals surface area contributed by atoms with Crippen LogP contribution >= 0.6 is 11.3 Å². The summed E-state index contributed by atoms with van der Waals surface area (Å²) in [5, 5.41) is 12.0. The van der Waals surface area contributed by atoms with Gasteiger partial charge in [-0.2, -0.15) is 0 Å². The molecule has 19 heavy (non-hydrogen) atoms. The molecule has 4 nitrogen and oxygen atoms in total. The van der Waals surface area contributed by atoms with Gasteiger partial charge in [-0.1, -0.05) is 12.1 Å². The average Bonchev–Trinajstić information content (AvgIpc) is 2.76. The fourth-order valence-electron chi connectivity index (χ4n) is 1.50. The maximum Gasteiger partial charge on any atom is 0.254 e. The molecule has 0 aliphatic rings. The Morgan fingerprint density at radius 2 is 2.37 bits per heavy atom. The Morgan fingerprint density at radius 1 is 1.58 bits per heavy atom. The molecule has 0 bridgehead atoms. The van der Waals surface area contributed by atoms with Crippen LogP contribution in [0.5, 0.6) is 0 Å². The van der Waals surface area contributed by atoms with Crippen LogP contribution in [0.25, 0.3) is 0 Å². The Kier molecular flexibility index (Phi) is 4.24. The summed E-state index contributed by atoms with van der Waals surface area (Å²) in [4.78, 5) is 16.2. The molecule has 1 atom stereocenters. The van der Waals surface area contributed by atoms with Crippen molar-refractivity contribution in [1.82, 2.24) is 4.98 Å². The minimum Gasteiger partial charge on any atom is -0.384 e. The van der Waals surface area contributed by atoms with Crippen LogP contribution in [0.4, 0.5) is 9.52 Å². The number of aliphatic hydroxyl groups is 1. The first-order chi connectivity index (χ1) is 9.04. The Labute approximate surface area is 113 Å². The number of thiazole rings is 1. The van der Waals surface area contributed by atoms with Crippen LogP contribution in [-0.4, -0.2) is 22.1 Å². The fourth-order valence-corrected chi connectivity index (χ4v) is 2.35. The second-order valence-corrected chi connectivity index (χ2v) is 5.22. The lowest BCUT2D eigenvalue weighted by atomic mass is 10.1. The van der Waals surface area contributed by atoms with Crippen LogP contribution in [0.15, 0.2) is 30.5 Å². The van der Waals surface area contributed by atoms with Gasteiger partial charge in [0.15, 0.2) is 5.13 Å². The van der Waals surface area contributed by atoms with Crippen molar-refractivity contribution < 1.29 is 14.3 Å². The van der Waals surface area contributed by atoms with E-state index in [0.29, 0.717) is 11.6 Å². The minimum atomic E-state index is -1.07. The third kappa shape index (κ3) is 3.84. The van der Waals surface area contributed by atoms with Crippen molar-refractivity contribution in [3.05, 3.63) is 46.7 Å². The summed E-state index contributed by atoms with van der Waals surface area (Å²) in [6.45, 7) is 1.39. The first kappa shape index (κ1) is 13.6. The number of amides is 1. The van der Waals surface area contributed by atoms with E-state index in [1.807, 2.05) is 6.07 Å². The standard InChI is InChI=1S/C13H13FN2O2S/c1-8(17)12(18)16-13-15-7-11(19-13)6-9-3-2-4-10(14)5-9/h2-5,7-8,17H,6H2,1H3,(H,15,16,18). The topological polar surface area (TPSA) is 62.2 Å². The molecular weight excluding hydrogens is 267 g/mol. The number of nitrogens with one attached hydrogen (secondary N) is 1. The summed E-state index contributed by atoms with van der Waals surface area (Å²) in [6, 6.07) is 6.34. The van der Waals surface area contributed by atoms with Crippen molar-refractivity contribution in [2.75, 3.05) is 5.32 Å². The van der Waals surface area contributed by atoms with Gasteiger partial charge in [0.25, 0.3) is 5.91 Å². The molecule has 2 aromatic rings. The second kappa shape index (κ2) is 5.90. The molecule has 1 unspecified atom stereocenters. The molecule has 0 aliphatic heterocycles. The monoisotopic (exact) mass is 280 g/mol. The quantitative estimate of drug-likeness (QED) is 0.902.